The molecule has 0 aliphatic heterocycles. The van der Waals surface area contributed by atoms with Crippen LogP contribution in [-0.4, -0.2) is 24.5 Å². The Labute approximate surface area is 124 Å². The van der Waals surface area contributed by atoms with Gasteiger partial charge in [0.1, 0.15) is 17.3 Å². The Hall–Kier alpha value is -2.27. The van der Waals surface area contributed by atoms with E-state index in [0.29, 0.717) is 18.8 Å². The number of furan rings is 1. The smallest absolute Gasteiger partial charge is 0.260 e. The highest BCUT2D eigenvalue weighted by Gasteiger charge is 2.12. The standard InChI is InChI=1S/C16H20N2O3/c1-12-7-8-14(21-12)10-18(2)16(19)11-20-15-6-4-3-5-13(15)9-17/h3-8H,9-11,17H2,1-2H3. The van der Waals surface area contributed by atoms with Crippen molar-refractivity contribution < 1.29 is 13.9 Å². The van der Waals surface area contributed by atoms with Gasteiger partial charge >= 0.3 is 0 Å². The second-order valence-electron chi connectivity index (χ2n) is 4.86. The van der Waals surface area contributed by atoms with Crippen molar-refractivity contribution in [1.82, 2.24) is 4.90 Å². The molecule has 0 aliphatic carbocycles. The molecule has 1 aromatic heterocycles. The van der Waals surface area contributed by atoms with Crippen molar-refractivity contribution in [2.24, 2.45) is 5.73 Å². The fraction of sp³-hybridized carbons (Fsp3) is 0.312. The summed E-state index contributed by atoms with van der Waals surface area (Å²) in [6.07, 6.45) is 0. The molecular weight excluding hydrogens is 268 g/mol. The van der Waals surface area contributed by atoms with Crippen LogP contribution in [0.15, 0.2) is 40.8 Å². The molecule has 0 saturated carbocycles. The average Bonchev–Trinajstić information content (AvgIpc) is 2.90. The molecule has 0 saturated heterocycles. The zero-order valence-electron chi connectivity index (χ0n) is 12.3. The van der Waals surface area contributed by atoms with E-state index in [2.05, 4.69) is 0 Å². The molecule has 1 aromatic carbocycles. The largest absolute Gasteiger partial charge is 0.483 e. The summed E-state index contributed by atoms with van der Waals surface area (Å²) < 4.78 is 11.0. The normalized spacial score (nSPS) is 10.4. The number of carbonyl (C=O) groups is 1. The Kier molecular flexibility index (Phi) is 5.00. The number of para-hydroxylation sites is 1. The first-order valence-electron chi connectivity index (χ1n) is 6.80. The van der Waals surface area contributed by atoms with Gasteiger partial charge in [0.05, 0.1) is 6.54 Å². The molecule has 0 aliphatic rings. The van der Waals surface area contributed by atoms with Crippen LogP contribution in [0.1, 0.15) is 17.1 Å². The van der Waals surface area contributed by atoms with Gasteiger partial charge in [0.25, 0.3) is 5.91 Å². The van der Waals surface area contributed by atoms with Gasteiger partial charge in [0, 0.05) is 19.2 Å². The zero-order valence-corrected chi connectivity index (χ0v) is 12.3. The third kappa shape index (κ3) is 4.10. The summed E-state index contributed by atoms with van der Waals surface area (Å²) in [5.74, 6) is 2.12. The number of carbonyl (C=O) groups excluding carboxylic acids is 1. The maximum Gasteiger partial charge on any atom is 0.260 e. The number of rotatable bonds is 6. The van der Waals surface area contributed by atoms with Crippen molar-refractivity contribution in [3.63, 3.8) is 0 Å². The van der Waals surface area contributed by atoms with Crippen LogP contribution < -0.4 is 10.5 Å². The molecule has 1 amide bonds. The van der Waals surface area contributed by atoms with Gasteiger partial charge in [-0.1, -0.05) is 18.2 Å². The molecule has 5 nitrogen and oxygen atoms in total. The molecule has 0 bridgehead atoms. The molecule has 21 heavy (non-hydrogen) atoms. The summed E-state index contributed by atoms with van der Waals surface area (Å²) in [5, 5.41) is 0. The van der Waals surface area contributed by atoms with Crippen LogP contribution in [-0.2, 0) is 17.9 Å². The van der Waals surface area contributed by atoms with Gasteiger partial charge in [-0.2, -0.15) is 0 Å². The first kappa shape index (κ1) is 15.1. The monoisotopic (exact) mass is 288 g/mol. The van der Waals surface area contributed by atoms with Crippen molar-refractivity contribution in [1.29, 1.82) is 0 Å². The minimum absolute atomic E-state index is 0.0206. The van der Waals surface area contributed by atoms with E-state index in [1.54, 1.807) is 11.9 Å². The van der Waals surface area contributed by atoms with Crippen LogP contribution in [0.2, 0.25) is 0 Å². The Morgan fingerprint density at radius 3 is 2.71 bits per heavy atom. The lowest BCUT2D eigenvalue weighted by Gasteiger charge is -2.17. The number of aryl methyl sites for hydroxylation is 1. The van der Waals surface area contributed by atoms with E-state index >= 15 is 0 Å². The average molecular weight is 288 g/mol. The van der Waals surface area contributed by atoms with Crippen LogP contribution in [0.5, 0.6) is 5.75 Å². The lowest BCUT2D eigenvalue weighted by Crippen LogP contribution is -2.31. The molecule has 2 aromatic rings. The summed E-state index contributed by atoms with van der Waals surface area (Å²) in [6, 6.07) is 11.2. The summed E-state index contributed by atoms with van der Waals surface area (Å²) >= 11 is 0. The molecule has 1 heterocycles. The molecule has 2 N–H and O–H groups in total. The quantitative estimate of drug-likeness (QED) is 0.883. The van der Waals surface area contributed by atoms with Crippen molar-refractivity contribution in [3.8, 4) is 5.75 Å². The lowest BCUT2D eigenvalue weighted by molar-refractivity contribution is -0.132. The topological polar surface area (TPSA) is 68.7 Å². The number of ether oxygens (including phenoxy) is 1. The first-order chi connectivity index (χ1) is 10.1. The van der Waals surface area contributed by atoms with Crippen LogP contribution in [0.25, 0.3) is 0 Å². The predicted molar refractivity (Wildman–Crippen MR) is 79.7 cm³/mol. The van der Waals surface area contributed by atoms with E-state index in [-0.39, 0.29) is 12.5 Å². The van der Waals surface area contributed by atoms with Gasteiger partial charge in [-0.15, -0.1) is 0 Å². The van der Waals surface area contributed by atoms with Crippen molar-refractivity contribution in [2.75, 3.05) is 13.7 Å². The second-order valence-corrected chi connectivity index (χ2v) is 4.86. The number of amides is 1. The molecule has 0 radical (unpaired) electrons. The van der Waals surface area contributed by atoms with Crippen LogP contribution in [0.3, 0.4) is 0 Å². The summed E-state index contributed by atoms with van der Waals surface area (Å²) in [5.41, 5.74) is 6.52. The molecule has 112 valence electrons. The van der Waals surface area contributed by atoms with Gasteiger partial charge < -0.3 is 19.8 Å². The van der Waals surface area contributed by atoms with E-state index in [4.69, 9.17) is 14.9 Å². The second kappa shape index (κ2) is 6.95. The highest BCUT2D eigenvalue weighted by Crippen LogP contribution is 2.17. The van der Waals surface area contributed by atoms with Gasteiger partial charge in [0.15, 0.2) is 6.61 Å². The predicted octanol–water partition coefficient (Wildman–Crippen LogP) is 2.08. The van der Waals surface area contributed by atoms with Gasteiger partial charge in [-0.25, -0.2) is 0 Å². The Morgan fingerprint density at radius 2 is 2.05 bits per heavy atom. The summed E-state index contributed by atoms with van der Waals surface area (Å²) in [7, 11) is 1.72. The minimum Gasteiger partial charge on any atom is -0.483 e. The van der Waals surface area contributed by atoms with Crippen LogP contribution >= 0.6 is 0 Å². The number of nitrogens with zero attached hydrogens (tertiary/aromatic N) is 1. The van der Waals surface area contributed by atoms with Crippen LogP contribution in [0.4, 0.5) is 0 Å². The highest BCUT2D eigenvalue weighted by atomic mass is 16.5. The Balaban J connectivity index is 1.89. The summed E-state index contributed by atoms with van der Waals surface area (Å²) in [4.78, 5) is 13.6. The lowest BCUT2D eigenvalue weighted by atomic mass is 10.2. The number of hydrogen-bond acceptors (Lipinski definition) is 4. The highest BCUT2D eigenvalue weighted by molar-refractivity contribution is 5.77. The van der Waals surface area contributed by atoms with Gasteiger partial charge in [-0.05, 0) is 25.1 Å². The SMILES string of the molecule is Cc1ccc(CN(C)C(=O)COc2ccccc2CN)o1. The van der Waals surface area contributed by atoms with Crippen molar-refractivity contribution in [2.45, 2.75) is 20.0 Å². The zero-order chi connectivity index (χ0) is 15.2. The Bertz CT molecular complexity index is 607. The van der Waals surface area contributed by atoms with Crippen molar-refractivity contribution >= 4 is 5.91 Å². The van der Waals surface area contributed by atoms with E-state index in [0.717, 1.165) is 17.1 Å². The summed E-state index contributed by atoms with van der Waals surface area (Å²) in [6.45, 7) is 2.66. The molecule has 0 atom stereocenters. The van der Waals surface area contributed by atoms with Gasteiger partial charge in [-0.3, -0.25) is 4.79 Å². The molecule has 0 fully saturated rings. The number of hydrogen-bond donors (Lipinski definition) is 1. The van der Waals surface area contributed by atoms with E-state index in [9.17, 15) is 4.79 Å². The third-order valence-electron chi connectivity index (χ3n) is 3.16. The molecule has 0 spiro atoms. The number of likely N-dealkylation sites (N-methyl/N-ethyl adjacent to an activating group) is 1. The third-order valence-corrected chi connectivity index (χ3v) is 3.16. The molecule has 2 rings (SSSR count). The van der Waals surface area contributed by atoms with E-state index in [1.165, 1.54) is 0 Å². The molecular formula is C16H20N2O3. The maximum absolute atomic E-state index is 12.1. The maximum atomic E-state index is 12.1. The van der Waals surface area contributed by atoms with Crippen molar-refractivity contribution in [3.05, 3.63) is 53.5 Å². The molecule has 5 heteroatoms. The first-order valence-corrected chi connectivity index (χ1v) is 6.80. The van der Waals surface area contributed by atoms with Gasteiger partial charge in [0.2, 0.25) is 0 Å². The fourth-order valence-corrected chi connectivity index (χ4v) is 1.95. The number of nitrogens with two attached hydrogens (primary N) is 1. The fourth-order valence-electron chi connectivity index (χ4n) is 1.95. The van der Waals surface area contributed by atoms with Crippen LogP contribution in [0, 0.1) is 6.92 Å². The number of benzene rings is 1. The molecule has 0 unspecified atom stereocenters. The minimum atomic E-state index is -0.115. The van der Waals surface area contributed by atoms with E-state index in [1.807, 2.05) is 43.3 Å². The Morgan fingerprint density at radius 1 is 1.29 bits per heavy atom. The van der Waals surface area contributed by atoms with E-state index < -0.39 is 0 Å².